The van der Waals surface area contributed by atoms with Gasteiger partial charge in [-0.2, -0.15) is 0 Å². The molecule has 0 spiro atoms. The van der Waals surface area contributed by atoms with Gasteiger partial charge in [0, 0.05) is 34.2 Å². The van der Waals surface area contributed by atoms with Gasteiger partial charge in [-0.25, -0.2) is 14.0 Å². The first-order chi connectivity index (χ1) is 20.0. The van der Waals surface area contributed by atoms with Crippen molar-refractivity contribution < 1.29 is 28.8 Å². The van der Waals surface area contributed by atoms with E-state index in [9.17, 15) is 34.0 Å². The molecule has 4 atom stereocenters. The molecule has 2 N–H and O–H groups in total. The number of hydrogen-bond donors (Lipinski definition) is 2. The number of amides is 2. The first kappa shape index (κ1) is 28.6. The number of Topliss-reactive ketones (excluding diaryl/α,β-unsaturated/α-hetero) is 1. The lowest BCUT2D eigenvalue weighted by molar-refractivity contribution is -0.384. The highest BCUT2D eigenvalue weighted by Gasteiger charge is 2.65. The minimum absolute atomic E-state index is 0.151. The Morgan fingerprint density at radius 1 is 1.00 bits per heavy atom. The van der Waals surface area contributed by atoms with Crippen molar-refractivity contribution in [1.82, 2.24) is 4.90 Å². The molecule has 0 saturated carbocycles. The van der Waals surface area contributed by atoms with Crippen molar-refractivity contribution in [3.05, 3.63) is 128 Å². The summed E-state index contributed by atoms with van der Waals surface area (Å²) in [7, 11) is 0. The molecule has 0 aliphatic carbocycles. The van der Waals surface area contributed by atoms with Gasteiger partial charge in [0.05, 0.1) is 16.9 Å². The fourth-order valence-electron chi connectivity index (χ4n) is 5.70. The molecule has 214 valence electrons. The first-order valence-electron chi connectivity index (χ1n) is 13.0. The smallest absolute Gasteiger partial charge is 0.330 e. The lowest BCUT2D eigenvalue weighted by atomic mass is 9.74. The normalized spacial score (nSPS) is 21.6. The summed E-state index contributed by atoms with van der Waals surface area (Å²) in [5.74, 6) is -4.34. The largest absolute Gasteiger partial charge is 0.479 e. The summed E-state index contributed by atoms with van der Waals surface area (Å²) in [6, 6.07) is 19.0. The number of carbonyl (C=O) groups is 3. The number of nitro benzene ring substituents is 1. The van der Waals surface area contributed by atoms with Crippen LogP contribution in [0.2, 0.25) is 0 Å². The third kappa shape index (κ3) is 5.03. The van der Waals surface area contributed by atoms with Crippen LogP contribution in [0, 0.1) is 28.8 Å². The summed E-state index contributed by atoms with van der Waals surface area (Å²) in [5, 5.41) is 26.5. The summed E-state index contributed by atoms with van der Waals surface area (Å²) in [5.41, 5.74) is -0.244. The molecule has 0 bridgehead atoms. The molecule has 3 aromatic carbocycles. The maximum absolute atomic E-state index is 14.4. The zero-order valence-electron chi connectivity index (χ0n) is 22.6. The number of hydrogen-bond acceptors (Lipinski definition) is 6. The third-order valence-electron chi connectivity index (χ3n) is 7.76. The number of non-ortho nitro benzene ring substituents is 1. The summed E-state index contributed by atoms with van der Waals surface area (Å²) in [4.78, 5) is 54.2. The second kappa shape index (κ2) is 11.2. The summed E-state index contributed by atoms with van der Waals surface area (Å²) in [6.45, 7) is 3.31. The van der Waals surface area contributed by atoms with E-state index in [0.29, 0.717) is 10.4 Å². The average molecular weight is 588 g/mol. The molecule has 1 fully saturated rings. The van der Waals surface area contributed by atoms with E-state index in [2.05, 4.69) is 5.32 Å². The molecule has 1 aliphatic rings. The molecule has 42 heavy (non-hydrogen) atoms. The van der Waals surface area contributed by atoms with Crippen molar-refractivity contribution >= 4 is 40.5 Å². The molecule has 4 aromatic rings. The number of nitro groups is 1. The molecule has 1 aliphatic heterocycles. The number of urea groups is 1. The summed E-state index contributed by atoms with van der Waals surface area (Å²) in [6.07, 6.45) is 0. The number of carboxylic acid groups (broad SMARTS) is 1. The minimum Gasteiger partial charge on any atom is -0.479 e. The number of likely N-dealkylation sites (tertiary alicyclic amines) is 1. The Labute approximate surface area is 244 Å². The van der Waals surface area contributed by atoms with Gasteiger partial charge in [0.1, 0.15) is 11.4 Å². The van der Waals surface area contributed by atoms with E-state index in [1.54, 1.807) is 29.6 Å². The zero-order chi connectivity index (χ0) is 30.2. The predicted octanol–water partition coefficient (Wildman–Crippen LogP) is 6.82. The molecule has 5 rings (SSSR count). The Morgan fingerprint density at radius 2 is 1.64 bits per heavy atom. The van der Waals surface area contributed by atoms with E-state index < -0.39 is 51.9 Å². The highest BCUT2D eigenvalue weighted by molar-refractivity contribution is 7.10. The van der Waals surface area contributed by atoms with Gasteiger partial charge < -0.3 is 10.4 Å². The van der Waals surface area contributed by atoms with Crippen molar-refractivity contribution in [2.45, 2.75) is 31.3 Å². The number of thiophene rings is 1. The second-order valence-electron chi connectivity index (χ2n) is 10.3. The van der Waals surface area contributed by atoms with Crippen LogP contribution in [-0.2, 0) is 4.79 Å². The van der Waals surface area contributed by atoms with Crippen LogP contribution in [0.3, 0.4) is 0 Å². The molecule has 2 amide bonds. The standard InChI is InChI=1S/C31H26FN3O6S/c1-18-5-7-19(8-6-18)27-25(28(36)20-9-15-23(16-10-20)35(40)41)26(24-4-3-17-42-24)31(2,29(37)38)34(27)30(39)33-22-13-11-21(32)12-14-22/h3-17,25-27H,1-2H3,(H,33,39)(H,37,38). The van der Waals surface area contributed by atoms with Crippen LogP contribution in [0.4, 0.5) is 20.6 Å². The van der Waals surface area contributed by atoms with E-state index in [-0.39, 0.29) is 16.9 Å². The molecule has 0 radical (unpaired) electrons. The number of nitrogens with zero attached hydrogens (tertiary/aromatic N) is 2. The van der Waals surface area contributed by atoms with E-state index in [1.807, 2.05) is 19.1 Å². The van der Waals surface area contributed by atoms with Gasteiger partial charge in [0.2, 0.25) is 0 Å². The highest BCUT2D eigenvalue weighted by atomic mass is 32.1. The number of carboxylic acids is 1. The van der Waals surface area contributed by atoms with Crippen LogP contribution >= 0.6 is 11.3 Å². The van der Waals surface area contributed by atoms with Gasteiger partial charge in [0.15, 0.2) is 5.78 Å². The zero-order valence-corrected chi connectivity index (χ0v) is 23.4. The van der Waals surface area contributed by atoms with Crippen molar-refractivity contribution in [2.24, 2.45) is 5.92 Å². The lowest BCUT2D eigenvalue weighted by Gasteiger charge is -2.37. The second-order valence-corrected chi connectivity index (χ2v) is 11.3. The van der Waals surface area contributed by atoms with E-state index in [0.717, 1.165) is 5.56 Å². The number of halogens is 1. The number of nitrogens with one attached hydrogen (secondary N) is 1. The SMILES string of the molecule is Cc1ccc(C2C(C(=O)c3ccc([N+](=O)[O-])cc3)C(c3cccs3)C(C)(C(=O)O)N2C(=O)Nc2ccc(F)cc2)cc1. The van der Waals surface area contributed by atoms with Crippen molar-refractivity contribution in [3.8, 4) is 0 Å². The minimum atomic E-state index is -1.91. The fourth-order valence-corrected chi connectivity index (χ4v) is 6.69. The Morgan fingerprint density at radius 3 is 2.19 bits per heavy atom. The van der Waals surface area contributed by atoms with Gasteiger partial charge in [-0.3, -0.25) is 19.8 Å². The molecule has 1 aromatic heterocycles. The number of anilines is 1. The first-order valence-corrected chi connectivity index (χ1v) is 13.9. The van der Waals surface area contributed by atoms with Gasteiger partial charge in [0.25, 0.3) is 5.69 Å². The number of rotatable bonds is 7. The Bertz CT molecular complexity index is 1640. The topological polar surface area (TPSA) is 130 Å². The maximum atomic E-state index is 14.4. The number of benzene rings is 3. The number of aryl methyl sites for hydroxylation is 1. The van der Waals surface area contributed by atoms with Crippen LogP contribution in [-0.4, -0.2) is 38.3 Å². The van der Waals surface area contributed by atoms with Gasteiger partial charge in [-0.1, -0.05) is 35.9 Å². The van der Waals surface area contributed by atoms with E-state index >= 15 is 0 Å². The van der Waals surface area contributed by atoms with Crippen LogP contribution in [0.1, 0.15) is 45.2 Å². The fraction of sp³-hybridized carbons (Fsp3) is 0.194. The van der Waals surface area contributed by atoms with Crippen molar-refractivity contribution in [2.75, 3.05) is 5.32 Å². The molecular formula is C31H26FN3O6S. The number of carbonyl (C=O) groups excluding carboxylic acids is 2. The third-order valence-corrected chi connectivity index (χ3v) is 8.72. The van der Waals surface area contributed by atoms with Crippen LogP contribution in [0.15, 0.2) is 90.3 Å². The molecule has 11 heteroatoms. The Hall–Kier alpha value is -4.90. The average Bonchev–Trinajstić information content (AvgIpc) is 3.59. The Kier molecular flexibility index (Phi) is 7.61. The molecule has 9 nitrogen and oxygen atoms in total. The molecular weight excluding hydrogens is 561 g/mol. The van der Waals surface area contributed by atoms with E-state index in [1.165, 1.54) is 71.7 Å². The maximum Gasteiger partial charge on any atom is 0.330 e. The molecule has 4 unspecified atom stereocenters. The van der Waals surface area contributed by atoms with Crippen molar-refractivity contribution in [3.63, 3.8) is 0 Å². The van der Waals surface area contributed by atoms with Gasteiger partial charge >= 0.3 is 12.0 Å². The monoisotopic (exact) mass is 587 g/mol. The number of aliphatic carboxylic acids is 1. The predicted molar refractivity (Wildman–Crippen MR) is 155 cm³/mol. The van der Waals surface area contributed by atoms with Crippen LogP contribution in [0.25, 0.3) is 0 Å². The number of ketones is 1. The summed E-state index contributed by atoms with van der Waals surface area (Å²) >= 11 is 1.28. The van der Waals surface area contributed by atoms with Gasteiger partial charge in [-0.15, -0.1) is 11.3 Å². The van der Waals surface area contributed by atoms with Crippen LogP contribution in [0.5, 0.6) is 0 Å². The lowest BCUT2D eigenvalue weighted by Crippen LogP contribution is -2.55. The highest BCUT2D eigenvalue weighted by Crippen LogP contribution is 2.57. The Balaban J connectivity index is 1.72. The quantitative estimate of drug-likeness (QED) is 0.139. The molecule has 2 heterocycles. The van der Waals surface area contributed by atoms with Gasteiger partial charge in [-0.05, 0) is 67.3 Å². The van der Waals surface area contributed by atoms with Crippen LogP contribution < -0.4 is 5.32 Å². The summed E-state index contributed by atoms with van der Waals surface area (Å²) < 4.78 is 13.6. The van der Waals surface area contributed by atoms with E-state index in [4.69, 9.17) is 0 Å². The molecule has 1 saturated heterocycles. The van der Waals surface area contributed by atoms with Crippen molar-refractivity contribution in [1.29, 1.82) is 0 Å².